The maximum absolute atomic E-state index is 6.86. The fraction of sp³-hybridized carbons (Fsp3) is 1.00. The first-order chi connectivity index (χ1) is 8.69. The van der Waals surface area contributed by atoms with Gasteiger partial charge < -0.3 is 11.1 Å². The lowest BCUT2D eigenvalue weighted by atomic mass is 9.45. The van der Waals surface area contributed by atoms with E-state index in [2.05, 4.69) is 33.0 Å². The molecule has 0 spiro atoms. The van der Waals surface area contributed by atoms with Gasteiger partial charge in [0.25, 0.3) is 0 Å². The maximum Gasteiger partial charge on any atom is 0.0309 e. The molecule has 4 saturated carbocycles. The molecule has 4 aliphatic rings. The Balaban J connectivity index is 1.76. The van der Waals surface area contributed by atoms with Crippen LogP contribution in [0.4, 0.5) is 0 Å². The van der Waals surface area contributed by atoms with E-state index in [9.17, 15) is 0 Å². The van der Waals surface area contributed by atoms with Gasteiger partial charge in [0, 0.05) is 17.6 Å². The van der Waals surface area contributed by atoms with Crippen molar-refractivity contribution in [2.24, 2.45) is 28.9 Å². The normalized spacial score (nSPS) is 44.4. The van der Waals surface area contributed by atoms with E-state index in [0.717, 1.165) is 24.3 Å². The van der Waals surface area contributed by atoms with E-state index in [1.54, 1.807) is 0 Å². The van der Waals surface area contributed by atoms with E-state index >= 15 is 0 Å². The number of nitrogens with two attached hydrogens (primary N) is 1. The van der Waals surface area contributed by atoms with Crippen LogP contribution in [-0.4, -0.2) is 17.6 Å². The van der Waals surface area contributed by atoms with E-state index < -0.39 is 0 Å². The van der Waals surface area contributed by atoms with Gasteiger partial charge in [-0.1, -0.05) is 0 Å². The molecule has 1 atom stereocenters. The lowest BCUT2D eigenvalue weighted by Crippen LogP contribution is -2.66. The van der Waals surface area contributed by atoms with Crippen LogP contribution in [0.1, 0.15) is 66.2 Å². The summed E-state index contributed by atoms with van der Waals surface area (Å²) >= 11 is 0. The van der Waals surface area contributed by atoms with Crippen molar-refractivity contribution in [2.75, 3.05) is 6.54 Å². The lowest BCUT2D eigenvalue weighted by Gasteiger charge is -2.62. The van der Waals surface area contributed by atoms with Gasteiger partial charge in [-0.3, -0.25) is 0 Å². The highest BCUT2D eigenvalue weighted by atomic mass is 15.0. The number of rotatable bonds is 3. The second kappa shape index (κ2) is 4.21. The summed E-state index contributed by atoms with van der Waals surface area (Å²) in [4.78, 5) is 0. The molecule has 0 saturated heterocycles. The molecular weight excluding hydrogens is 232 g/mol. The van der Waals surface area contributed by atoms with E-state index in [0.29, 0.717) is 5.41 Å². The van der Waals surface area contributed by atoms with Gasteiger partial charge in [-0.2, -0.15) is 0 Å². The molecule has 2 heteroatoms. The average Bonchev–Trinajstić information content (AvgIpc) is 2.23. The summed E-state index contributed by atoms with van der Waals surface area (Å²) in [5.74, 6) is 2.97. The Labute approximate surface area is 118 Å². The van der Waals surface area contributed by atoms with E-state index in [4.69, 9.17) is 5.73 Å². The molecule has 4 bridgehead atoms. The van der Waals surface area contributed by atoms with Crippen LogP contribution in [0.25, 0.3) is 0 Å². The fourth-order valence-electron chi connectivity index (χ4n) is 5.45. The molecule has 0 radical (unpaired) electrons. The molecule has 3 N–H and O–H groups in total. The van der Waals surface area contributed by atoms with E-state index in [-0.39, 0.29) is 11.1 Å². The van der Waals surface area contributed by atoms with Gasteiger partial charge in [0.05, 0.1) is 0 Å². The van der Waals surface area contributed by atoms with Crippen LogP contribution >= 0.6 is 0 Å². The minimum atomic E-state index is -0.0453. The third kappa shape index (κ3) is 2.47. The third-order valence-corrected chi connectivity index (χ3v) is 6.24. The molecule has 0 aromatic rings. The first-order valence-corrected chi connectivity index (χ1v) is 8.23. The summed E-state index contributed by atoms with van der Waals surface area (Å²) < 4.78 is 0. The maximum atomic E-state index is 6.86. The number of nitrogens with one attached hydrogen (secondary N) is 1. The molecule has 19 heavy (non-hydrogen) atoms. The van der Waals surface area contributed by atoms with Crippen molar-refractivity contribution in [1.82, 2.24) is 5.32 Å². The second-order valence-corrected chi connectivity index (χ2v) is 9.22. The SMILES string of the molecule is CC(C)(C)NCC(C)(N)C12CC3CC(CC(C3)C1)C2. The Morgan fingerprint density at radius 1 is 0.947 bits per heavy atom. The largest absolute Gasteiger partial charge is 0.324 e. The van der Waals surface area contributed by atoms with Gasteiger partial charge >= 0.3 is 0 Å². The van der Waals surface area contributed by atoms with Crippen LogP contribution in [0.15, 0.2) is 0 Å². The van der Waals surface area contributed by atoms with Crippen molar-refractivity contribution in [1.29, 1.82) is 0 Å². The first kappa shape index (κ1) is 13.9. The summed E-state index contributed by atoms with van der Waals surface area (Å²) in [6, 6.07) is 0. The predicted octanol–water partition coefficient (Wildman–Crippen LogP) is 3.31. The van der Waals surface area contributed by atoms with Gasteiger partial charge in [0.2, 0.25) is 0 Å². The second-order valence-electron chi connectivity index (χ2n) is 9.22. The van der Waals surface area contributed by atoms with Crippen molar-refractivity contribution in [3.8, 4) is 0 Å². The molecule has 4 fully saturated rings. The standard InChI is InChI=1S/C17H32N2/c1-15(2,3)19-11-16(4,18)17-8-12-5-13(9-17)7-14(6-12)10-17/h12-14,19H,5-11,18H2,1-4H3. The molecule has 0 amide bonds. The highest BCUT2D eigenvalue weighted by Crippen LogP contribution is 2.63. The monoisotopic (exact) mass is 264 g/mol. The molecule has 110 valence electrons. The zero-order valence-electron chi connectivity index (χ0n) is 13.3. The fourth-order valence-corrected chi connectivity index (χ4v) is 5.45. The van der Waals surface area contributed by atoms with Crippen molar-refractivity contribution >= 4 is 0 Å². The third-order valence-electron chi connectivity index (χ3n) is 6.24. The van der Waals surface area contributed by atoms with Gasteiger partial charge in [-0.25, -0.2) is 0 Å². The van der Waals surface area contributed by atoms with Crippen molar-refractivity contribution in [3.63, 3.8) is 0 Å². The Bertz CT molecular complexity index is 315. The van der Waals surface area contributed by atoms with Crippen molar-refractivity contribution in [3.05, 3.63) is 0 Å². The number of hydrogen-bond acceptors (Lipinski definition) is 2. The highest BCUT2D eigenvalue weighted by Gasteiger charge is 2.57. The Kier molecular flexibility index (Phi) is 3.07. The molecule has 0 heterocycles. The van der Waals surface area contributed by atoms with Crippen LogP contribution in [-0.2, 0) is 0 Å². The number of hydrogen-bond donors (Lipinski definition) is 2. The summed E-state index contributed by atoms with van der Waals surface area (Å²) in [5, 5.41) is 3.66. The van der Waals surface area contributed by atoms with Crippen LogP contribution in [0.2, 0.25) is 0 Å². The molecule has 4 rings (SSSR count). The smallest absolute Gasteiger partial charge is 0.0309 e. The zero-order valence-corrected chi connectivity index (χ0v) is 13.3. The van der Waals surface area contributed by atoms with Crippen molar-refractivity contribution < 1.29 is 0 Å². The Morgan fingerprint density at radius 2 is 1.37 bits per heavy atom. The minimum absolute atomic E-state index is 0.0453. The molecular formula is C17H32N2. The van der Waals surface area contributed by atoms with E-state index in [1.165, 1.54) is 38.5 Å². The average molecular weight is 264 g/mol. The molecule has 4 aliphatic carbocycles. The van der Waals surface area contributed by atoms with Crippen molar-refractivity contribution in [2.45, 2.75) is 77.3 Å². The first-order valence-electron chi connectivity index (χ1n) is 8.23. The minimum Gasteiger partial charge on any atom is -0.324 e. The summed E-state index contributed by atoms with van der Waals surface area (Å²) in [7, 11) is 0. The molecule has 0 aliphatic heterocycles. The molecule has 2 nitrogen and oxygen atoms in total. The van der Waals surface area contributed by atoms with Crippen LogP contribution < -0.4 is 11.1 Å². The van der Waals surface area contributed by atoms with Crippen LogP contribution in [0.3, 0.4) is 0 Å². The summed E-state index contributed by atoms with van der Waals surface area (Å²) in [5.41, 5.74) is 7.42. The zero-order chi connectivity index (χ0) is 13.9. The van der Waals surface area contributed by atoms with Gasteiger partial charge in [0.1, 0.15) is 0 Å². The highest BCUT2D eigenvalue weighted by molar-refractivity contribution is 5.11. The summed E-state index contributed by atoms with van der Waals surface area (Å²) in [6.45, 7) is 10.00. The van der Waals surface area contributed by atoms with Gasteiger partial charge in [-0.15, -0.1) is 0 Å². The summed E-state index contributed by atoms with van der Waals surface area (Å²) in [6.07, 6.45) is 8.71. The lowest BCUT2D eigenvalue weighted by molar-refractivity contribution is -0.0932. The van der Waals surface area contributed by atoms with Gasteiger partial charge in [-0.05, 0) is 89.4 Å². The Hall–Kier alpha value is -0.0800. The molecule has 0 aromatic carbocycles. The van der Waals surface area contributed by atoms with E-state index in [1.807, 2.05) is 0 Å². The Morgan fingerprint density at radius 3 is 1.74 bits per heavy atom. The van der Waals surface area contributed by atoms with Gasteiger partial charge in [0.15, 0.2) is 0 Å². The predicted molar refractivity (Wildman–Crippen MR) is 81.0 cm³/mol. The van der Waals surface area contributed by atoms with Crippen LogP contribution in [0.5, 0.6) is 0 Å². The van der Waals surface area contributed by atoms with Crippen LogP contribution in [0, 0.1) is 23.2 Å². The topological polar surface area (TPSA) is 38.0 Å². The quantitative estimate of drug-likeness (QED) is 0.821. The molecule has 0 aromatic heterocycles. The molecule has 1 unspecified atom stereocenters.